The molecule has 0 atom stereocenters. The Labute approximate surface area is 193 Å². The lowest BCUT2D eigenvalue weighted by Gasteiger charge is -2.04. The van der Waals surface area contributed by atoms with Crippen LogP contribution in [0.4, 0.5) is 17.3 Å². The van der Waals surface area contributed by atoms with Gasteiger partial charge in [-0.25, -0.2) is 0 Å². The van der Waals surface area contributed by atoms with Crippen LogP contribution in [0.15, 0.2) is 59.1 Å². The van der Waals surface area contributed by atoms with Gasteiger partial charge in [-0.1, -0.05) is 41.8 Å². The van der Waals surface area contributed by atoms with Crippen molar-refractivity contribution >= 4 is 40.4 Å². The molecular weight excluding hydrogens is 518 g/mol. The molecule has 0 amide bonds. The fraction of sp³-hybridized carbons (Fsp3) is 0.105. The van der Waals surface area contributed by atoms with Crippen LogP contribution >= 0.6 is 27.5 Å². The Morgan fingerprint density at radius 1 is 0.969 bits per heavy atom. The molecule has 0 saturated heterocycles. The number of rotatable bonds is 4. The molecule has 0 radical (unpaired) electrons. The highest BCUT2D eigenvalue weighted by Crippen LogP contribution is 2.26. The van der Waals surface area contributed by atoms with E-state index in [1.807, 2.05) is 48.5 Å². The van der Waals surface area contributed by atoms with Gasteiger partial charge in [-0.2, -0.15) is 0 Å². The number of aromatic nitrogens is 4. The fourth-order valence-electron chi connectivity index (χ4n) is 2.77. The van der Waals surface area contributed by atoms with Crippen LogP contribution in [0.1, 0.15) is 0 Å². The van der Waals surface area contributed by atoms with Crippen molar-refractivity contribution in [2.75, 3.05) is 14.2 Å². The van der Waals surface area contributed by atoms with Gasteiger partial charge < -0.3 is 26.7 Å². The number of ether oxygens (including phenoxy) is 2. The van der Waals surface area contributed by atoms with Gasteiger partial charge in [0, 0.05) is 15.1 Å². The zero-order chi connectivity index (χ0) is 23.5. The van der Waals surface area contributed by atoms with Crippen LogP contribution in [-0.4, -0.2) is 36.4 Å². The third kappa shape index (κ3) is 5.68. The normalized spacial score (nSPS) is 11.1. The molecule has 6 nitrogen and oxygen atoms in total. The van der Waals surface area contributed by atoms with Crippen molar-refractivity contribution in [3.05, 3.63) is 64.1 Å². The lowest BCUT2D eigenvalue weighted by molar-refractivity contribution is -0.612. The first kappa shape index (κ1) is 23.8. The summed E-state index contributed by atoms with van der Waals surface area (Å²) in [5.41, 5.74) is 3.04. The molecule has 0 aliphatic rings. The summed E-state index contributed by atoms with van der Waals surface area (Å²) < 4.78 is 52.7. The third-order valence-corrected chi connectivity index (χ3v) is 4.84. The monoisotopic (exact) mass is 532 g/mol. The zero-order valence-corrected chi connectivity index (χ0v) is 19.0. The van der Waals surface area contributed by atoms with Crippen molar-refractivity contribution in [2.24, 2.45) is 0 Å². The van der Waals surface area contributed by atoms with E-state index in [1.54, 1.807) is 29.6 Å². The summed E-state index contributed by atoms with van der Waals surface area (Å²) in [4.78, 5) is 6.35. The van der Waals surface area contributed by atoms with Gasteiger partial charge in [0.2, 0.25) is 5.69 Å². The standard InChI is InChI=1S/C19H15BrClN4O2.BF4/c1-26-16-11-17(27-2)24-19(22-16)18(12-3-7-14(21)8-4-12)23-25(24)15-9-5-13(20)6-10-15;2-1(3,4)5/h3-11H,1-2H3;/q+1;-1. The van der Waals surface area contributed by atoms with Gasteiger partial charge in [-0.3, -0.25) is 0 Å². The highest BCUT2D eigenvalue weighted by Gasteiger charge is 2.28. The summed E-state index contributed by atoms with van der Waals surface area (Å²) in [6.07, 6.45) is 0. The first-order valence-electron chi connectivity index (χ1n) is 8.94. The molecule has 0 fully saturated rings. The number of hydrogen-bond donors (Lipinski definition) is 0. The molecule has 32 heavy (non-hydrogen) atoms. The van der Waals surface area contributed by atoms with Crippen LogP contribution in [0.3, 0.4) is 0 Å². The average molecular weight is 534 g/mol. The highest BCUT2D eigenvalue weighted by molar-refractivity contribution is 9.10. The van der Waals surface area contributed by atoms with E-state index in [0.717, 1.165) is 15.7 Å². The molecule has 0 N–H and O–H groups in total. The smallest absolute Gasteiger partial charge is 0.470 e. The molecule has 0 aliphatic carbocycles. The maximum Gasteiger partial charge on any atom is 0.673 e. The molecule has 0 spiro atoms. The predicted molar refractivity (Wildman–Crippen MR) is 116 cm³/mol. The second kappa shape index (κ2) is 9.74. The molecule has 2 heterocycles. The molecule has 2 aromatic heterocycles. The molecule has 0 unspecified atom stereocenters. The Hall–Kier alpha value is -2.86. The number of fused-ring (bicyclic) bond motifs is 1. The number of nitrogens with zero attached hydrogens (tertiary/aromatic N) is 4. The molecule has 168 valence electrons. The fourth-order valence-corrected chi connectivity index (χ4v) is 3.16. The largest absolute Gasteiger partial charge is 0.673 e. The Balaban J connectivity index is 0.000000523. The van der Waals surface area contributed by atoms with Crippen LogP contribution in [0.2, 0.25) is 5.02 Å². The van der Waals surface area contributed by atoms with Gasteiger partial charge in [0.15, 0.2) is 0 Å². The second-order valence-corrected chi connectivity index (χ2v) is 7.54. The molecule has 0 bridgehead atoms. The average Bonchev–Trinajstić information content (AvgIpc) is 3.12. The quantitative estimate of drug-likeness (QED) is 0.200. The summed E-state index contributed by atoms with van der Waals surface area (Å²) in [5.74, 6) is 0.991. The van der Waals surface area contributed by atoms with E-state index in [1.165, 1.54) is 0 Å². The Morgan fingerprint density at radius 2 is 1.56 bits per heavy atom. The number of halogens is 6. The predicted octanol–water partition coefficient (Wildman–Crippen LogP) is 5.41. The minimum absolute atomic E-state index is 0.442. The minimum Gasteiger partial charge on any atom is -0.470 e. The number of hydrogen-bond acceptors (Lipinski definition) is 4. The maximum atomic E-state index is 9.75. The van der Waals surface area contributed by atoms with E-state index in [9.17, 15) is 17.3 Å². The number of methoxy groups -OCH3 is 2. The molecule has 0 saturated carbocycles. The van der Waals surface area contributed by atoms with Crippen molar-refractivity contribution in [1.82, 2.24) is 14.9 Å². The molecule has 2 aromatic carbocycles. The van der Waals surface area contributed by atoms with Crippen LogP contribution in [0, 0.1) is 0 Å². The Bertz CT molecular complexity index is 1220. The molecule has 0 aliphatic heterocycles. The first-order chi connectivity index (χ1) is 15.1. The third-order valence-electron chi connectivity index (χ3n) is 4.06. The van der Waals surface area contributed by atoms with E-state index in [2.05, 4.69) is 20.9 Å². The van der Waals surface area contributed by atoms with Crippen molar-refractivity contribution in [2.45, 2.75) is 0 Å². The second-order valence-electron chi connectivity index (χ2n) is 6.19. The van der Waals surface area contributed by atoms with Crippen LogP contribution in [0.25, 0.3) is 22.6 Å². The lowest BCUT2D eigenvalue weighted by Crippen LogP contribution is -2.35. The Morgan fingerprint density at radius 3 is 2.09 bits per heavy atom. The highest BCUT2D eigenvalue weighted by atomic mass is 79.9. The van der Waals surface area contributed by atoms with Crippen LogP contribution < -0.4 is 14.0 Å². The van der Waals surface area contributed by atoms with Crippen molar-refractivity contribution in [3.63, 3.8) is 0 Å². The maximum absolute atomic E-state index is 9.75. The summed E-state index contributed by atoms with van der Waals surface area (Å²) in [6, 6.07) is 17.0. The van der Waals surface area contributed by atoms with Gasteiger partial charge in [0.05, 0.1) is 20.3 Å². The summed E-state index contributed by atoms with van der Waals surface area (Å²) in [5, 5.41) is 5.45. The summed E-state index contributed by atoms with van der Waals surface area (Å²) in [6.45, 7) is 0. The zero-order valence-electron chi connectivity index (χ0n) is 16.6. The van der Waals surface area contributed by atoms with E-state index in [-0.39, 0.29) is 0 Å². The SMILES string of the molecule is COc1cc(OC)[n+]2c(n1)c(-c1ccc(Cl)cc1)nn2-c1ccc(Br)cc1.F[B-](F)(F)F. The summed E-state index contributed by atoms with van der Waals surface area (Å²) >= 11 is 9.50. The van der Waals surface area contributed by atoms with E-state index in [0.29, 0.717) is 28.1 Å². The van der Waals surface area contributed by atoms with Gasteiger partial charge >= 0.3 is 12.9 Å². The van der Waals surface area contributed by atoms with Gasteiger partial charge in [-0.15, -0.1) is 0 Å². The van der Waals surface area contributed by atoms with Gasteiger partial charge in [0.25, 0.3) is 11.8 Å². The van der Waals surface area contributed by atoms with E-state index in [4.69, 9.17) is 26.2 Å². The van der Waals surface area contributed by atoms with Crippen molar-refractivity contribution < 1.29 is 31.3 Å². The molecule has 13 heteroatoms. The Kier molecular flexibility index (Phi) is 7.24. The van der Waals surface area contributed by atoms with E-state index >= 15 is 0 Å². The number of benzene rings is 2. The summed E-state index contributed by atoms with van der Waals surface area (Å²) in [7, 11) is -2.83. The molecule has 4 aromatic rings. The minimum atomic E-state index is -6.00. The van der Waals surface area contributed by atoms with Gasteiger partial charge in [0.1, 0.15) is 5.69 Å². The lowest BCUT2D eigenvalue weighted by atomic mass is 10.1. The van der Waals surface area contributed by atoms with Crippen LogP contribution in [-0.2, 0) is 0 Å². The van der Waals surface area contributed by atoms with Crippen molar-refractivity contribution in [3.8, 4) is 28.7 Å². The van der Waals surface area contributed by atoms with E-state index < -0.39 is 7.25 Å². The van der Waals surface area contributed by atoms with Gasteiger partial charge in [-0.05, 0) is 53.6 Å². The topological polar surface area (TPSA) is 53.3 Å². The van der Waals surface area contributed by atoms with Crippen LogP contribution in [0.5, 0.6) is 11.8 Å². The first-order valence-corrected chi connectivity index (χ1v) is 10.1. The molecular formula is C19H15BBrClF4N4O2. The van der Waals surface area contributed by atoms with Crippen molar-refractivity contribution in [1.29, 1.82) is 0 Å². The molecule has 4 rings (SSSR count).